The van der Waals surface area contributed by atoms with Gasteiger partial charge in [0.15, 0.2) is 5.76 Å². The monoisotopic (exact) mass is 253 g/mol. The quantitative estimate of drug-likeness (QED) is 0.796. The minimum absolute atomic E-state index is 0.477. The second-order valence-corrected chi connectivity index (χ2v) is 5.01. The van der Waals surface area contributed by atoms with Crippen LogP contribution in [0.1, 0.15) is 31.2 Å². The molecule has 0 saturated carbocycles. The van der Waals surface area contributed by atoms with Crippen LogP contribution in [-0.4, -0.2) is 42.8 Å². The molecule has 0 spiro atoms. The number of hydrogen-bond acceptors (Lipinski definition) is 5. The van der Waals surface area contributed by atoms with Gasteiger partial charge in [0.05, 0.1) is 5.69 Å². The summed E-state index contributed by atoms with van der Waals surface area (Å²) in [6.07, 6.45) is 2.69. The summed E-state index contributed by atoms with van der Waals surface area (Å²) < 4.78 is 10.1. The van der Waals surface area contributed by atoms with E-state index in [1.54, 1.807) is 7.11 Å². The highest BCUT2D eigenvalue weighted by Crippen LogP contribution is 2.08. The normalized spacial score (nSPS) is 18.3. The van der Waals surface area contributed by atoms with Crippen molar-refractivity contribution in [3.63, 3.8) is 0 Å². The van der Waals surface area contributed by atoms with E-state index in [2.05, 4.69) is 22.3 Å². The molecule has 1 aliphatic rings. The third-order valence-electron chi connectivity index (χ3n) is 3.26. The molecule has 1 atom stereocenters. The van der Waals surface area contributed by atoms with Crippen molar-refractivity contribution in [3.8, 4) is 0 Å². The van der Waals surface area contributed by atoms with Gasteiger partial charge in [0.2, 0.25) is 0 Å². The molecular weight excluding hydrogens is 230 g/mol. The van der Waals surface area contributed by atoms with Crippen LogP contribution in [0.2, 0.25) is 0 Å². The summed E-state index contributed by atoms with van der Waals surface area (Å²) >= 11 is 0. The van der Waals surface area contributed by atoms with Gasteiger partial charge in [0.1, 0.15) is 6.61 Å². The molecule has 1 aromatic rings. The van der Waals surface area contributed by atoms with E-state index in [1.165, 1.54) is 25.9 Å². The van der Waals surface area contributed by atoms with Crippen molar-refractivity contribution >= 4 is 0 Å². The molecule has 1 aromatic heterocycles. The molecular formula is C13H23N3O2. The van der Waals surface area contributed by atoms with Gasteiger partial charge in [-0.15, -0.1) is 0 Å². The number of hydrogen-bond donors (Lipinski definition) is 1. The summed E-state index contributed by atoms with van der Waals surface area (Å²) in [4.78, 5) is 2.51. The lowest BCUT2D eigenvalue weighted by molar-refractivity contribution is 0.155. The molecule has 0 radical (unpaired) electrons. The predicted octanol–water partition coefficient (Wildman–Crippen LogP) is 1.39. The fourth-order valence-electron chi connectivity index (χ4n) is 2.35. The summed E-state index contributed by atoms with van der Waals surface area (Å²) in [5.74, 6) is 0.779. The van der Waals surface area contributed by atoms with E-state index in [0.717, 1.165) is 24.5 Å². The minimum Gasteiger partial charge on any atom is -0.377 e. The number of nitrogens with zero attached hydrogens (tertiary/aromatic N) is 2. The summed E-state index contributed by atoms with van der Waals surface area (Å²) in [7, 11) is 1.65. The van der Waals surface area contributed by atoms with Gasteiger partial charge in [-0.25, -0.2) is 0 Å². The summed E-state index contributed by atoms with van der Waals surface area (Å²) in [5.41, 5.74) is 0.940. The Labute approximate surface area is 108 Å². The molecule has 102 valence electrons. The topological polar surface area (TPSA) is 50.5 Å². The molecule has 5 nitrogen and oxygen atoms in total. The molecule has 1 unspecified atom stereocenters. The average Bonchev–Trinajstić information content (AvgIpc) is 2.99. The van der Waals surface area contributed by atoms with Gasteiger partial charge in [-0.1, -0.05) is 5.16 Å². The first-order valence-electron chi connectivity index (χ1n) is 6.67. The maximum atomic E-state index is 5.15. The molecule has 1 N–H and O–H groups in total. The van der Waals surface area contributed by atoms with Crippen molar-refractivity contribution in [1.82, 2.24) is 15.4 Å². The van der Waals surface area contributed by atoms with Crippen LogP contribution in [0.5, 0.6) is 0 Å². The lowest BCUT2D eigenvalue weighted by atomic mass is 10.3. The molecule has 1 aliphatic heterocycles. The fourth-order valence-corrected chi connectivity index (χ4v) is 2.35. The van der Waals surface area contributed by atoms with E-state index in [9.17, 15) is 0 Å². The Morgan fingerprint density at radius 1 is 1.50 bits per heavy atom. The zero-order valence-corrected chi connectivity index (χ0v) is 11.3. The van der Waals surface area contributed by atoms with E-state index in [-0.39, 0.29) is 0 Å². The zero-order chi connectivity index (χ0) is 12.8. The van der Waals surface area contributed by atoms with Crippen LogP contribution in [0.15, 0.2) is 10.6 Å². The van der Waals surface area contributed by atoms with Crippen molar-refractivity contribution in [2.24, 2.45) is 0 Å². The molecule has 1 saturated heterocycles. The second kappa shape index (κ2) is 6.87. The first-order chi connectivity index (χ1) is 8.78. The molecule has 2 rings (SSSR count). The van der Waals surface area contributed by atoms with Gasteiger partial charge < -0.3 is 19.5 Å². The maximum Gasteiger partial charge on any atom is 0.162 e. The first-order valence-corrected chi connectivity index (χ1v) is 6.67. The number of ether oxygens (including phenoxy) is 1. The van der Waals surface area contributed by atoms with E-state index < -0.39 is 0 Å². The van der Waals surface area contributed by atoms with Crippen LogP contribution in [-0.2, 0) is 17.9 Å². The smallest absolute Gasteiger partial charge is 0.162 e. The Morgan fingerprint density at radius 2 is 2.28 bits per heavy atom. The minimum atomic E-state index is 0.477. The van der Waals surface area contributed by atoms with Crippen molar-refractivity contribution < 1.29 is 9.26 Å². The summed E-state index contributed by atoms with van der Waals surface area (Å²) in [6, 6.07) is 2.42. The Balaban J connectivity index is 1.69. The van der Waals surface area contributed by atoms with Gasteiger partial charge >= 0.3 is 0 Å². The SMILES string of the molecule is COCc1cc(CNC(C)CN2CCCC2)no1. The van der Waals surface area contributed by atoms with E-state index in [4.69, 9.17) is 9.26 Å². The van der Waals surface area contributed by atoms with Gasteiger partial charge in [-0.3, -0.25) is 0 Å². The third kappa shape index (κ3) is 4.08. The molecule has 0 aromatic carbocycles. The van der Waals surface area contributed by atoms with Crippen molar-refractivity contribution in [1.29, 1.82) is 0 Å². The molecule has 0 bridgehead atoms. The van der Waals surface area contributed by atoms with Crippen LogP contribution in [0.4, 0.5) is 0 Å². The van der Waals surface area contributed by atoms with Gasteiger partial charge in [-0.05, 0) is 32.9 Å². The number of aromatic nitrogens is 1. The van der Waals surface area contributed by atoms with E-state index in [0.29, 0.717) is 12.6 Å². The third-order valence-corrected chi connectivity index (χ3v) is 3.26. The van der Waals surface area contributed by atoms with Crippen molar-refractivity contribution in [3.05, 3.63) is 17.5 Å². The average molecular weight is 253 g/mol. The standard InChI is InChI=1S/C13H23N3O2/c1-11(9-16-5-3-4-6-16)14-8-12-7-13(10-17-2)18-15-12/h7,11,14H,3-6,8-10H2,1-2H3. The second-order valence-electron chi connectivity index (χ2n) is 5.01. The van der Waals surface area contributed by atoms with Crippen molar-refractivity contribution in [2.75, 3.05) is 26.7 Å². The van der Waals surface area contributed by atoms with Crippen LogP contribution in [0.25, 0.3) is 0 Å². The van der Waals surface area contributed by atoms with Crippen LogP contribution in [0.3, 0.4) is 0 Å². The van der Waals surface area contributed by atoms with Crippen molar-refractivity contribution in [2.45, 2.75) is 39.0 Å². The Hall–Kier alpha value is -0.910. The Kier molecular flexibility index (Phi) is 5.16. The molecule has 5 heteroatoms. The largest absolute Gasteiger partial charge is 0.377 e. The Morgan fingerprint density at radius 3 is 3.00 bits per heavy atom. The van der Waals surface area contributed by atoms with Crippen LogP contribution < -0.4 is 5.32 Å². The predicted molar refractivity (Wildman–Crippen MR) is 69.2 cm³/mol. The lowest BCUT2D eigenvalue weighted by Crippen LogP contribution is -2.37. The number of methoxy groups -OCH3 is 1. The van der Waals surface area contributed by atoms with E-state index >= 15 is 0 Å². The Bertz CT molecular complexity index is 348. The van der Waals surface area contributed by atoms with Gasteiger partial charge in [0.25, 0.3) is 0 Å². The van der Waals surface area contributed by atoms with Crippen LogP contribution >= 0.6 is 0 Å². The van der Waals surface area contributed by atoms with Crippen LogP contribution in [0, 0.1) is 0 Å². The highest BCUT2D eigenvalue weighted by atomic mass is 16.5. The summed E-state index contributed by atoms with van der Waals surface area (Å²) in [5, 5.41) is 7.48. The highest BCUT2D eigenvalue weighted by molar-refractivity contribution is 5.04. The molecule has 0 amide bonds. The maximum absolute atomic E-state index is 5.15. The number of rotatable bonds is 7. The fraction of sp³-hybridized carbons (Fsp3) is 0.769. The van der Waals surface area contributed by atoms with Gasteiger partial charge in [-0.2, -0.15) is 0 Å². The van der Waals surface area contributed by atoms with Gasteiger partial charge in [0, 0.05) is 32.3 Å². The highest BCUT2D eigenvalue weighted by Gasteiger charge is 2.14. The molecule has 0 aliphatic carbocycles. The number of likely N-dealkylation sites (tertiary alicyclic amines) is 1. The number of nitrogens with one attached hydrogen (secondary N) is 1. The summed E-state index contributed by atoms with van der Waals surface area (Å²) in [6.45, 7) is 7.05. The molecule has 18 heavy (non-hydrogen) atoms. The van der Waals surface area contributed by atoms with E-state index in [1.807, 2.05) is 6.07 Å². The molecule has 1 fully saturated rings. The lowest BCUT2D eigenvalue weighted by Gasteiger charge is -2.20. The first kappa shape index (κ1) is 13.5. The zero-order valence-electron chi connectivity index (χ0n) is 11.3. The molecule has 2 heterocycles.